The van der Waals surface area contributed by atoms with Crippen molar-refractivity contribution in [2.24, 2.45) is 5.92 Å². The molecule has 31 heavy (non-hydrogen) atoms. The first-order valence-electron chi connectivity index (χ1n) is 10.4. The topological polar surface area (TPSA) is 115 Å². The summed E-state index contributed by atoms with van der Waals surface area (Å²) in [6, 6.07) is 3.74. The molecule has 2 atom stereocenters. The van der Waals surface area contributed by atoms with Crippen molar-refractivity contribution in [3.8, 4) is 0 Å². The van der Waals surface area contributed by atoms with E-state index < -0.39 is 11.8 Å². The Balaban J connectivity index is 1.40. The molecule has 1 fully saturated rings. The van der Waals surface area contributed by atoms with Crippen LogP contribution in [0.3, 0.4) is 0 Å². The maximum atomic E-state index is 13.2. The van der Waals surface area contributed by atoms with E-state index in [1.807, 2.05) is 28.9 Å². The second kappa shape index (κ2) is 7.66. The number of hydrogen-bond acceptors (Lipinski definition) is 6. The number of piperidine rings is 1. The number of rotatable bonds is 2. The molecular formula is C22H24N6O3. The molecule has 1 saturated heterocycles. The number of nitrogens with two attached hydrogens (primary N) is 1. The highest BCUT2D eigenvalue weighted by Crippen LogP contribution is 2.34. The monoisotopic (exact) mass is 420 g/mol. The third-order valence-electron chi connectivity index (χ3n) is 6.14. The lowest BCUT2D eigenvalue weighted by Gasteiger charge is -2.38. The Morgan fingerprint density at radius 3 is 2.90 bits per heavy atom. The summed E-state index contributed by atoms with van der Waals surface area (Å²) in [5, 5.41) is 2.74. The van der Waals surface area contributed by atoms with E-state index in [1.54, 1.807) is 11.1 Å². The number of pyridine rings is 2. The SMILES string of the molecule is CC1CCC(c2ccc3nccn3c2)N(C(=O)C(=O)Nc2cnc(N)c3c2COC3)C1. The van der Waals surface area contributed by atoms with E-state index in [0.717, 1.165) is 35.2 Å². The Bertz CT molecular complexity index is 1170. The zero-order chi connectivity index (χ0) is 21.5. The number of ether oxygens (including phenoxy) is 1. The van der Waals surface area contributed by atoms with Crippen LogP contribution in [0.15, 0.2) is 36.9 Å². The van der Waals surface area contributed by atoms with Gasteiger partial charge < -0.3 is 25.1 Å². The van der Waals surface area contributed by atoms with Crippen molar-refractivity contribution in [1.82, 2.24) is 19.3 Å². The quantitative estimate of drug-likeness (QED) is 0.615. The van der Waals surface area contributed by atoms with Crippen LogP contribution in [-0.4, -0.2) is 37.6 Å². The zero-order valence-corrected chi connectivity index (χ0v) is 17.2. The van der Waals surface area contributed by atoms with Crippen molar-refractivity contribution in [2.45, 2.75) is 39.0 Å². The normalized spacial score (nSPS) is 20.6. The van der Waals surface area contributed by atoms with Gasteiger partial charge in [0.15, 0.2) is 0 Å². The third kappa shape index (κ3) is 3.50. The number of hydrogen-bond donors (Lipinski definition) is 2. The highest BCUT2D eigenvalue weighted by atomic mass is 16.5. The summed E-state index contributed by atoms with van der Waals surface area (Å²) >= 11 is 0. The van der Waals surface area contributed by atoms with E-state index in [4.69, 9.17) is 10.5 Å². The Morgan fingerprint density at radius 1 is 1.19 bits per heavy atom. The van der Waals surface area contributed by atoms with Crippen LogP contribution >= 0.6 is 0 Å². The number of aromatic nitrogens is 3. The van der Waals surface area contributed by atoms with Crippen molar-refractivity contribution >= 4 is 29.0 Å². The molecule has 0 aliphatic carbocycles. The van der Waals surface area contributed by atoms with Crippen LogP contribution in [0, 0.1) is 5.92 Å². The number of amides is 2. The van der Waals surface area contributed by atoms with Crippen LogP contribution in [0.25, 0.3) is 5.65 Å². The second-order valence-electron chi connectivity index (χ2n) is 8.27. The highest BCUT2D eigenvalue weighted by molar-refractivity contribution is 6.39. The van der Waals surface area contributed by atoms with Gasteiger partial charge in [-0.15, -0.1) is 0 Å². The minimum absolute atomic E-state index is 0.167. The fourth-order valence-corrected chi connectivity index (χ4v) is 4.46. The van der Waals surface area contributed by atoms with Crippen LogP contribution in [0.4, 0.5) is 11.5 Å². The number of imidazole rings is 1. The lowest BCUT2D eigenvalue weighted by Crippen LogP contribution is -2.46. The molecule has 9 heteroatoms. The fourth-order valence-electron chi connectivity index (χ4n) is 4.46. The number of nitrogens with zero attached hydrogens (tertiary/aromatic N) is 4. The fraction of sp³-hybridized carbons (Fsp3) is 0.364. The minimum Gasteiger partial charge on any atom is -0.383 e. The first-order valence-corrected chi connectivity index (χ1v) is 10.4. The number of carbonyl (C=O) groups excluding carboxylic acids is 2. The Hall–Kier alpha value is -3.46. The van der Waals surface area contributed by atoms with Gasteiger partial charge in [0.05, 0.1) is 31.1 Å². The molecule has 9 nitrogen and oxygen atoms in total. The summed E-state index contributed by atoms with van der Waals surface area (Å²) in [5.41, 5.74) is 9.74. The van der Waals surface area contributed by atoms with Crippen LogP contribution in [-0.2, 0) is 27.5 Å². The molecule has 2 aliphatic rings. The number of fused-ring (bicyclic) bond motifs is 2. The average Bonchev–Trinajstić information content (AvgIpc) is 3.44. The van der Waals surface area contributed by atoms with Crippen molar-refractivity contribution in [2.75, 3.05) is 17.6 Å². The van der Waals surface area contributed by atoms with Gasteiger partial charge >= 0.3 is 11.8 Å². The van der Waals surface area contributed by atoms with Crippen LogP contribution in [0.1, 0.15) is 42.5 Å². The first-order chi connectivity index (χ1) is 15.0. The van der Waals surface area contributed by atoms with Crippen LogP contribution < -0.4 is 11.1 Å². The largest absolute Gasteiger partial charge is 0.383 e. The standard InChI is InChI=1S/C22H24N6O3/c1-13-2-4-18(14-3-5-19-24-6-7-27(19)10-14)28(9-13)22(30)21(29)26-17-8-25-20(23)16-12-31-11-15(16)17/h3,5-8,10,13,18H,2,4,9,11-12H2,1H3,(H2,23,25)(H,26,29). The maximum Gasteiger partial charge on any atom is 0.313 e. The maximum absolute atomic E-state index is 13.2. The smallest absolute Gasteiger partial charge is 0.313 e. The molecule has 3 N–H and O–H groups in total. The summed E-state index contributed by atoms with van der Waals surface area (Å²) in [5.74, 6) is -0.521. The molecule has 0 bridgehead atoms. The van der Waals surface area contributed by atoms with Gasteiger partial charge in [0.1, 0.15) is 11.5 Å². The molecule has 2 aliphatic heterocycles. The van der Waals surface area contributed by atoms with E-state index >= 15 is 0 Å². The van der Waals surface area contributed by atoms with Gasteiger partial charge in [-0.25, -0.2) is 9.97 Å². The molecule has 5 heterocycles. The summed E-state index contributed by atoms with van der Waals surface area (Å²) in [6.07, 6.45) is 8.87. The zero-order valence-electron chi connectivity index (χ0n) is 17.2. The van der Waals surface area contributed by atoms with E-state index in [-0.39, 0.29) is 6.04 Å². The Morgan fingerprint density at radius 2 is 2.03 bits per heavy atom. The molecule has 3 aromatic rings. The number of anilines is 2. The number of nitrogen functional groups attached to an aromatic ring is 1. The molecular weight excluding hydrogens is 396 g/mol. The molecule has 0 aromatic carbocycles. The van der Waals surface area contributed by atoms with Gasteiger partial charge in [-0.3, -0.25) is 9.59 Å². The van der Waals surface area contributed by atoms with E-state index in [1.165, 1.54) is 6.20 Å². The number of nitrogens with one attached hydrogen (secondary N) is 1. The molecule has 3 aromatic heterocycles. The summed E-state index contributed by atoms with van der Waals surface area (Å²) in [6.45, 7) is 3.32. The van der Waals surface area contributed by atoms with Gasteiger partial charge in [0.2, 0.25) is 0 Å². The molecule has 160 valence electrons. The van der Waals surface area contributed by atoms with E-state index in [9.17, 15) is 9.59 Å². The molecule has 2 unspecified atom stereocenters. The summed E-state index contributed by atoms with van der Waals surface area (Å²) in [7, 11) is 0. The van der Waals surface area contributed by atoms with Crippen LogP contribution in [0.5, 0.6) is 0 Å². The number of likely N-dealkylation sites (tertiary alicyclic amines) is 1. The van der Waals surface area contributed by atoms with Crippen molar-refractivity contribution in [3.05, 3.63) is 53.6 Å². The molecule has 0 radical (unpaired) electrons. The van der Waals surface area contributed by atoms with Gasteiger partial charge in [0, 0.05) is 36.3 Å². The summed E-state index contributed by atoms with van der Waals surface area (Å²) in [4.78, 5) is 36.2. The average molecular weight is 420 g/mol. The van der Waals surface area contributed by atoms with Gasteiger partial charge in [0.25, 0.3) is 0 Å². The van der Waals surface area contributed by atoms with E-state index in [2.05, 4.69) is 22.2 Å². The predicted octanol–water partition coefficient (Wildman–Crippen LogP) is 2.28. The Kier molecular flexibility index (Phi) is 4.82. The molecule has 2 amide bonds. The van der Waals surface area contributed by atoms with Crippen molar-refractivity contribution < 1.29 is 14.3 Å². The Labute approximate surface area is 179 Å². The van der Waals surface area contributed by atoms with Gasteiger partial charge in [-0.1, -0.05) is 13.0 Å². The van der Waals surface area contributed by atoms with Crippen LogP contribution in [0.2, 0.25) is 0 Å². The molecule has 0 saturated carbocycles. The lowest BCUT2D eigenvalue weighted by molar-refractivity contribution is -0.146. The molecule has 0 spiro atoms. The first kappa shape index (κ1) is 19.5. The number of carbonyl (C=O) groups is 2. The van der Waals surface area contributed by atoms with Gasteiger partial charge in [-0.2, -0.15) is 0 Å². The lowest BCUT2D eigenvalue weighted by atomic mass is 9.90. The molecule has 5 rings (SSSR count). The highest BCUT2D eigenvalue weighted by Gasteiger charge is 2.35. The minimum atomic E-state index is -0.677. The van der Waals surface area contributed by atoms with E-state index in [0.29, 0.717) is 37.2 Å². The summed E-state index contributed by atoms with van der Waals surface area (Å²) < 4.78 is 7.37. The third-order valence-corrected chi connectivity index (χ3v) is 6.14. The predicted molar refractivity (Wildman–Crippen MR) is 114 cm³/mol. The van der Waals surface area contributed by atoms with Crippen molar-refractivity contribution in [1.29, 1.82) is 0 Å². The second-order valence-corrected chi connectivity index (χ2v) is 8.27. The van der Waals surface area contributed by atoms with Crippen molar-refractivity contribution in [3.63, 3.8) is 0 Å². The van der Waals surface area contributed by atoms with Gasteiger partial charge in [-0.05, 0) is 30.4 Å².